The molecule has 2 aromatic carbocycles. The van der Waals surface area contributed by atoms with Gasteiger partial charge in [-0.15, -0.1) is 0 Å². The molecule has 0 aliphatic carbocycles. The molecule has 0 fully saturated rings. The Balaban J connectivity index is 2.34. The number of nitrogens with two attached hydrogens (primary N) is 1. The lowest BCUT2D eigenvalue weighted by molar-refractivity contribution is 0.481. The molecule has 0 bridgehead atoms. The van der Waals surface area contributed by atoms with Gasteiger partial charge in [-0.3, -0.25) is 0 Å². The number of ether oxygens (including phenoxy) is 1. The van der Waals surface area contributed by atoms with Crippen molar-refractivity contribution in [2.45, 2.75) is 13.3 Å². The maximum atomic E-state index is 6.08. The van der Waals surface area contributed by atoms with Gasteiger partial charge in [-0.05, 0) is 42.3 Å². The standard InChI is InChI=1S/C15H14ClNOS/c1-2-10-9-11(7-8-13(10)16)18-14-6-4-3-5-12(14)15(17)19/h3-9H,2H2,1H3,(H2,17,19). The Labute approximate surface area is 123 Å². The van der Waals surface area contributed by atoms with Crippen molar-refractivity contribution in [1.29, 1.82) is 0 Å². The zero-order valence-corrected chi connectivity index (χ0v) is 12.1. The summed E-state index contributed by atoms with van der Waals surface area (Å²) in [7, 11) is 0. The van der Waals surface area contributed by atoms with Gasteiger partial charge in [0.1, 0.15) is 16.5 Å². The molecule has 2 rings (SSSR count). The van der Waals surface area contributed by atoms with E-state index in [1.54, 1.807) is 0 Å². The smallest absolute Gasteiger partial charge is 0.137 e. The molecule has 98 valence electrons. The predicted octanol–water partition coefficient (Wildman–Crippen LogP) is 4.33. The largest absolute Gasteiger partial charge is 0.457 e. The highest BCUT2D eigenvalue weighted by atomic mass is 35.5. The van der Waals surface area contributed by atoms with Crippen LogP contribution in [0, 0.1) is 0 Å². The second kappa shape index (κ2) is 6.04. The fourth-order valence-corrected chi connectivity index (χ4v) is 2.19. The van der Waals surface area contributed by atoms with E-state index in [1.165, 1.54) is 0 Å². The average Bonchev–Trinajstić information content (AvgIpc) is 2.41. The van der Waals surface area contributed by atoms with E-state index in [4.69, 9.17) is 34.3 Å². The summed E-state index contributed by atoms with van der Waals surface area (Å²) >= 11 is 11.1. The van der Waals surface area contributed by atoms with Gasteiger partial charge in [0.15, 0.2) is 0 Å². The van der Waals surface area contributed by atoms with Crippen LogP contribution in [0.4, 0.5) is 0 Å². The minimum atomic E-state index is 0.320. The normalized spacial score (nSPS) is 10.2. The van der Waals surface area contributed by atoms with Crippen molar-refractivity contribution in [3.8, 4) is 11.5 Å². The molecule has 0 saturated heterocycles. The van der Waals surface area contributed by atoms with Crippen molar-refractivity contribution in [2.75, 3.05) is 0 Å². The number of para-hydroxylation sites is 1. The zero-order valence-electron chi connectivity index (χ0n) is 10.5. The Morgan fingerprint density at radius 2 is 2.00 bits per heavy atom. The van der Waals surface area contributed by atoms with Gasteiger partial charge in [0.2, 0.25) is 0 Å². The monoisotopic (exact) mass is 291 g/mol. The van der Waals surface area contributed by atoms with Crippen molar-refractivity contribution in [1.82, 2.24) is 0 Å². The summed E-state index contributed by atoms with van der Waals surface area (Å²) < 4.78 is 5.84. The van der Waals surface area contributed by atoms with Crippen molar-refractivity contribution < 1.29 is 4.74 Å². The molecule has 0 aliphatic rings. The minimum absolute atomic E-state index is 0.320. The van der Waals surface area contributed by atoms with Crippen LogP contribution in [0.3, 0.4) is 0 Å². The van der Waals surface area contributed by atoms with Crippen LogP contribution in [0.5, 0.6) is 11.5 Å². The lowest BCUT2D eigenvalue weighted by Gasteiger charge is -2.11. The summed E-state index contributed by atoms with van der Waals surface area (Å²) in [5.41, 5.74) is 7.45. The van der Waals surface area contributed by atoms with Gasteiger partial charge in [-0.25, -0.2) is 0 Å². The van der Waals surface area contributed by atoms with E-state index in [2.05, 4.69) is 0 Å². The first-order valence-electron chi connectivity index (χ1n) is 5.97. The molecule has 4 heteroatoms. The van der Waals surface area contributed by atoms with Crippen molar-refractivity contribution in [3.05, 3.63) is 58.6 Å². The minimum Gasteiger partial charge on any atom is -0.457 e. The van der Waals surface area contributed by atoms with E-state index in [1.807, 2.05) is 49.4 Å². The summed E-state index contributed by atoms with van der Waals surface area (Å²) in [6.07, 6.45) is 0.854. The topological polar surface area (TPSA) is 35.2 Å². The molecule has 0 saturated carbocycles. The number of aryl methyl sites for hydroxylation is 1. The number of hydrogen-bond acceptors (Lipinski definition) is 2. The van der Waals surface area contributed by atoms with E-state index >= 15 is 0 Å². The van der Waals surface area contributed by atoms with Crippen LogP contribution in [0.1, 0.15) is 18.1 Å². The molecule has 0 atom stereocenters. The van der Waals surface area contributed by atoms with E-state index in [-0.39, 0.29) is 0 Å². The van der Waals surface area contributed by atoms with Crippen LogP contribution in [-0.2, 0) is 6.42 Å². The second-order valence-corrected chi connectivity index (χ2v) is 4.92. The van der Waals surface area contributed by atoms with Crippen molar-refractivity contribution >= 4 is 28.8 Å². The first-order chi connectivity index (χ1) is 9.11. The summed E-state index contributed by atoms with van der Waals surface area (Å²) in [6.45, 7) is 2.05. The summed E-state index contributed by atoms with van der Waals surface area (Å²) in [6, 6.07) is 13.0. The first kappa shape index (κ1) is 13.8. The number of thiocarbonyl (C=S) groups is 1. The maximum Gasteiger partial charge on any atom is 0.137 e. The molecule has 0 heterocycles. The average molecular weight is 292 g/mol. The summed E-state index contributed by atoms with van der Waals surface area (Å²) in [4.78, 5) is 0.320. The molecule has 0 aliphatic heterocycles. The Kier molecular flexibility index (Phi) is 4.40. The van der Waals surface area contributed by atoms with Crippen LogP contribution in [0.25, 0.3) is 0 Å². The van der Waals surface area contributed by atoms with Gasteiger partial charge in [-0.1, -0.05) is 42.9 Å². The molecule has 2 N–H and O–H groups in total. The highest BCUT2D eigenvalue weighted by Gasteiger charge is 2.08. The number of benzene rings is 2. The van der Waals surface area contributed by atoms with E-state index in [9.17, 15) is 0 Å². The molecule has 19 heavy (non-hydrogen) atoms. The summed E-state index contributed by atoms with van der Waals surface area (Å²) in [5, 5.41) is 0.748. The Morgan fingerprint density at radius 3 is 2.68 bits per heavy atom. The Bertz CT molecular complexity index is 613. The van der Waals surface area contributed by atoms with Gasteiger partial charge in [0, 0.05) is 5.02 Å². The highest BCUT2D eigenvalue weighted by molar-refractivity contribution is 7.80. The van der Waals surface area contributed by atoms with Gasteiger partial charge in [0.25, 0.3) is 0 Å². The Morgan fingerprint density at radius 1 is 1.26 bits per heavy atom. The highest BCUT2D eigenvalue weighted by Crippen LogP contribution is 2.28. The lowest BCUT2D eigenvalue weighted by Crippen LogP contribution is -2.10. The maximum absolute atomic E-state index is 6.08. The van der Waals surface area contributed by atoms with E-state index in [0.717, 1.165) is 28.3 Å². The van der Waals surface area contributed by atoms with Gasteiger partial charge < -0.3 is 10.5 Å². The molecule has 0 radical (unpaired) electrons. The zero-order chi connectivity index (χ0) is 13.8. The summed E-state index contributed by atoms with van der Waals surface area (Å²) in [5.74, 6) is 1.38. The van der Waals surface area contributed by atoms with Crippen molar-refractivity contribution in [3.63, 3.8) is 0 Å². The third-order valence-electron chi connectivity index (χ3n) is 2.78. The third kappa shape index (κ3) is 3.25. The second-order valence-electron chi connectivity index (χ2n) is 4.07. The van der Waals surface area contributed by atoms with E-state index < -0.39 is 0 Å². The molecule has 2 nitrogen and oxygen atoms in total. The molecule has 0 amide bonds. The molecule has 0 aromatic heterocycles. The third-order valence-corrected chi connectivity index (χ3v) is 3.37. The van der Waals surface area contributed by atoms with Crippen LogP contribution in [0.2, 0.25) is 5.02 Å². The lowest BCUT2D eigenvalue weighted by atomic mass is 10.1. The molecular formula is C15H14ClNOS. The Hall–Kier alpha value is -1.58. The van der Waals surface area contributed by atoms with Crippen LogP contribution in [-0.4, -0.2) is 4.99 Å². The fraction of sp³-hybridized carbons (Fsp3) is 0.133. The number of halogens is 1. The molecule has 0 spiro atoms. The first-order valence-corrected chi connectivity index (χ1v) is 6.75. The fourth-order valence-electron chi connectivity index (χ4n) is 1.77. The quantitative estimate of drug-likeness (QED) is 0.852. The van der Waals surface area contributed by atoms with Crippen LogP contribution < -0.4 is 10.5 Å². The van der Waals surface area contributed by atoms with Gasteiger partial charge in [-0.2, -0.15) is 0 Å². The number of hydrogen-bond donors (Lipinski definition) is 1. The predicted molar refractivity (Wildman–Crippen MR) is 83.2 cm³/mol. The molecule has 2 aromatic rings. The molecular weight excluding hydrogens is 278 g/mol. The van der Waals surface area contributed by atoms with Crippen LogP contribution >= 0.6 is 23.8 Å². The SMILES string of the molecule is CCc1cc(Oc2ccccc2C(N)=S)ccc1Cl. The van der Waals surface area contributed by atoms with Crippen molar-refractivity contribution in [2.24, 2.45) is 5.73 Å². The van der Waals surface area contributed by atoms with Crippen LogP contribution in [0.15, 0.2) is 42.5 Å². The number of rotatable bonds is 4. The van der Waals surface area contributed by atoms with Gasteiger partial charge in [0.05, 0.1) is 5.56 Å². The molecule has 0 unspecified atom stereocenters. The van der Waals surface area contributed by atoms with Gasteiger partial charge >= 0.3 is 0 Å². The van der Waals surface area contributed by atoms with E-state index in [0.29, 0.717) is 10.7 Å².